The summed E-state index contributed by atoms with van der Waals surface area (Å²) in [7, 11) is 2.06. The van der Waals surface area contributed by atoms with Gasteiger partial charge in [-0.15, -0.1) is 0 Å². The van der Waals surface area contributed by atoms with Gasteiger partial charge in [-0.2, -0.15) is 0 Å². The van der Waals surface area contributed by atoms with Gasteiger partial charge >= 0.3 is 0 Å². The van der Waals surface area contributed by atoms with Crippen molar-refractivity contribution in [3.05, 3.63) is 71.5 Å². The Kier molecular flexibility index (Phi) is 5.78. The first-order valence-corrected chi connectivity index (χ1v) is 8.87. The van der Waals surface area contributed by atoms with E-state index in [1.54, 1.807) is 12.1 Å². The van der Waals surface area contributed by atoms with Crippen molar-refractivity contribution in [2.24, 2.45) is 0 Å². The van der Waals surface area contributed by atoms with Crippen LogP contribution in [-0.2, 0) is 4.79 Å². The molecular formula is C21H23FN2O2. The van der Waals surface area contributed by atoms with Crippen molar-refractivity contribution in [1.82, 2.24) is 9.80 Å². The Labute approximate surface area is 153 Å². The molecule has 0 spiro atoms. The molecule has 0 saturated carbocycles. The minimum absolute atomic E-state index is 0.0299. The van der Waals surface area contributed by atoms with Crippen LogP contribution in [0.5, 0.6) is 0 Å². The monoisotopic (exact) mass is 354 g/mol. The molecule has 1 atom stereocenters. The van der Waals surface area contributed by atoms with Crippen LogP contribution in [0.15, 0.2) is 54.6 Å². The Hall–Kier alpha value is -2.53. The van der Waals surface area contributed by atoms with E-state index in [1.165, 1.54) is 17.7 Å². The summed E-state index contributed by atoms with van der Waals surface area (Å²) in [4.78, 5) is 28.8. The van der Waals surface area contributed by atoms with Crippen LogP contribution in [0.1, 0.15) is 34.8 Å². The smallest absolute Gasteiger partial charge is 0.223 e. The number of rotatable bonds is 5. The number of hydrogen-bond donors (Lipinski definition) is 0. The number of Topliss-reactive ketones (excluding diaryl/α,β-unsaturated/α-hetero) is 1. The molecular weight excluding hydrogens is 331 g/mol. The van der Waals surface area contributed by atoms with Gasteiger partial charge in [0, 0.05) is 32.5 Å². The molecule has 3 rings (SSSR count). The Bertz CT molecular complexity index is 779. The van der Waals surface area contributed by atoms with Crippen molar-refractivity contribution in [3.8, 4) is 0 Å². The number of ketones is 1. The van der Waals surface area contributed by atoms with Gasteiger partial charge < -0.3 is 4.90 Å². The molecule has 0 aliphatic carbocycles. The molecule has 26 heavy (non-hydrogen) atoms. The van der Waals surface area contributed by atoms with E-state index in [2.05, 4.69) is 24.1 Å². The van der Waals surface area contributed by atoms with E-state index in [1.807, 2.05) is 23.1 Å². The average molecular weight is 354 g/mol. The molecule has 0 N–H and O–H groups in total. The third-order valence-corrected chi connectivity index (χ3v) is 4.93. The second-order valence-electron chi connectivity index (χ2n) is 6.65. The highest BCUT2D eigenvalue weighted by molar-refractivity contribution is 5.98. The lowest BCUT2D eigenvalue weighted by Gasteiger charge is -2.39. The van der Waals surface area contributed by atoms with Crippen LogP contribution in [-0.4, -0.2) is 48.2 Å². The zero-order valence-corrected chi connectivity index (χ0v) is 14.9. The fourth-order valence-electron chi connectivity index (χ4n) is 3.34. The summed E-state index contributed by atoms with van der Waals surface area (Å²) >= 11 is 0. The van der Waals surface area contributed by atoms with E-state index >= 15 is 0 Å². The highest BCUT2D eigenvalue weighted by Crippen LogP contribution is 2.24. The Morgan fingerprint density at radius 1 is 1.00 bits per heavy atom. The number of benzene rings is 2. The third kappa shape index (κ3) is 4.17. The largest absolute Gasteiger partial charge is 0.339 e. The summed E-state index contributed by atoms with van der Waals surface area (Å²) in [5, 5.41) is 0. The molecule has 0 bridgehead atoms. The van der Waals surface area contributed by atoms with E-state index < -0.39 is 5.82 Å². The molecule has 1 heterocycles. The SMILES string of the molecule is CN1CCN(C(=O)CCC(=O)c2ccccc2F)CC1c1ccccc1. The molecule has 5 heteroatoms. The molecule has 2 aromatic carbocycles. The molecule has 1 saturated heterocycles. The van der Waals surface area contributed by atoms with Crippen LogP contribution in [0.3, 0.4) is 0 Å². The Morgan fingerprint density at radius 3 is 2.42 bits per heavy atom. The highest BCUT2D eigenvalue weighted by Gasteiger charge is 2.28. The second kappa shape index (κ2) is 8.23. The fraction of sp³-hybridized carbons (Fsp3) is 0.333. The predicted octanol–water partition coefficient (Wildman–Crippen LogP) is 3.30. The van der Waals surface area contributed by atoms with Crippen molar-refractivity contribution >= 4 is 11.7 Å². The quantitative estimate of drug-likeness (QED) is 0.774. The number of amides is 1. The van der Waals surface area contributed by atoms with Crippen molar-refractivity contribution in [2.75, 3.05) is 26.7 Å². The minimum Gasteiger partial charge on any atom is -0.339 e. The van der Waals surface area contributed by atoms with Crippen LogP contribution in [0.25, 0.3) is 0 Å². The zero-order chi connectivity index (χ0) is 18.5. The van der Waals surface area contributed by atoms with Crippen molar-refractivity contribution in [3.63, 3.8) is 0 Å². The van der Waals surface area contributed by atoms with Crippen LogP contribution in [0.4, 0.5) is 4.39 Å². The normalized spacial score (nSPS) is 17.9. The molecule has 2 aromatic rings. The summed E-state index contributed by atoms with van der Waals surface area (Å²) in [5.74, 6) is -0.914. The molecule has 1 amide bonds. The first-order valence-electron chi connectivity index (χ1n) is 8.87. The summed E-state index contributed by atoms with van der Waals surface area (Å²) < 4.78 is 13.7. The predicted molar refractivity (Wildman–Crippen MR) is 98.4 cm³/mol. The van der Waals surface area contributed by atoms with Crippen LogP contribution in [0.2, 0.25) is 0 Å². The molecule has 0 radical (unpaired) electrons. The van der Waals surface area contributed by atoms with Crippen LogP contribution < -0.4 is 0 Å². The Morgan fingerprint density at radius 2 is 1.69 bits per heavy atom. The lowest BCUT2D eigenvalue weighted by atomic mass is 10.0. The molecule has 1 unspecified atom stereocenters. The summed E-state index contributed by atoms with van der Waals surface area (Å²) in [6.45, 7) is 2.03. The van der Waals surface area contributed by atoms with Gasteiger partial charge in [-0.3, -0.25) is 14.5 Å². The highest BCUT2D eigenvalue weighted by atomic mass is 19.1. The second-order valence-corrected chi connectivity index (χ2v) is 6.65. The van der Waals surface area contributed by atoms with Gasteiger partial charge in [-0.05, 0) is 24.7 Å². The number of piperazine rings is 1. The maximum Gasteiger partial charge on any atom is 0.223 e. The molecule has 1 fully saturated rings. The summed E-state index contributed by atoms with van der Waals surface area (Å²) in [6.07, 6.45) is 0.139. The maximum atomic E-state index is 13.7. The zero-order valence-electron chi connectivity index (χ0n) is 14.9. The number of carbonyl (C=O) groups excluding carboxylic acids is 2. The number of halogens is 1. The van der Waals surface area contributed by atoms with E-state index in [-0.39, 0.29) is 36.1 Å². The van der Waals surface area contributed by atoms with E-state index in [0.29, 0.717) is 13.1 Å². The van der Waals surface area contributed by atoms with E-state index in [4.69, 9.17) is 0 Å². The van der Waals surface area contributed by atoms with Crippen molar-refractivity contribution in [2.45, 2.75) is 18.9 Å². The first-order chi connectivity index (χ1) is 12.6. The van der Waals surface area contributed by atoms with Gasteiger partial charge in [0.2, 0.25) is 5.91 Å². The fourth-order valence-corrected chi connectivity index (χ4v) is 3.34. The van der Waals surface area contributed by atoms with Gasteiger partial charge in [0.1, 0.15) is 5.82 Å². The summed E-state index contributed by atoms with van der Waals surface area (Å²) in [5.41, 5.74) is 1.23. The van der Waals surface area contributed by atoms with Gasteiger partial charge in [0.15, 0.2) is 5.78 Å². The topological polar surface area (TPSA) is 40.6 Å². The van der Waals surface area contributed by atoms with Crippen LogP contribution >= 0.6 is 0 Å². The minimum atomic E-state index is -0.534. The number of nitrogens with zero attached hydrogens (tertiary/aromatic N) is 2. The van der Waals surface area contributed by atoms with Crippen molar-refractivity contribution in [1.29, 1.82) is 0 Å². The van der Waals surface area contributed by atoms with Gasteiger partial charge in [0.25, 0.3) is 0 Å². The third-order valence-electron chi connectivity index (χ3n) is 4.93. The number of hydrogen-bond acceptors (Lipinski definition) is 3. The average Bonchev–Trinajstić information content (AvgIpc) is 2.67. The molecule has 0 aromatic heterocycles. The van der Waals surface area contributed by atoms with Gasteiger partial charge in [-0.1, -0.05) is 42.5 Å². The van der Waals surface area contributed by atoms with Crippen LogP contribution in [0, 0.1) is 5.82 Å². The molecule has 4 nitrogen and oxygen atoms in total. The van der Waals surface area contributed by atoms with Gasteiger partial charge in [-0.25, -0.2) is 4.39 Å². The molecule has 136 valence electrons. The van der Waals surface area contributed by atoms with Crippen molar-refractivity contribution < 1.29 is 14.0 Å². The number of carbonyl (C=O) groups is 2. The Balaban J connectivity index is 1.59. The molecule has 1 aliphatic rings. The summed E-state index contributed by atoms with van der Waals surface area (Å²) in [6, 6.07) is 16.2. The maximum absolute atomic E-state index is 13.7. The molecule has 1 aliphatic heterocycles. The van der Waals surface area contributed by atoms with E-state index in [9.17, 15) is 14.0 Å². The standard InChI is InChI=1S/C21H23FN2O2/c1-23-13-14-24(15-19(23)16-7-3-2-4-8-16)21(26)12-11-20(25)17-9-5-6-10-18(17)22/h2-10,19H,11-15H2,1H3. The van der Waals surface area contributed by atoms with E-state index in [0.717, 1.165) is 6.54 Å². The number of likely N-dealkylation sites (N-methyl/N-ethyl adjacent to an activating group) is 1. The van der Waals surface area contributed by atoms with Gasteiger partial charge in [0.05, 0.1) is 11.6 Å². The first kappa shape index (κ1) is 18.3. The lowest BCUT2D eigenvalue weighted by molar-refractivity contribution is -0.134. The lowest BCUT2D eigenvalue weighted by Crippen LogP contribution is -2.49.